The highest BCUT2D eigenvalue weighted by Gasteiger charge is 2.47. The van der Waals surface area contributed by atoms with E-state index in [4.69, 9.17) is 14.6 Å². The first kappa shape index (κ1) is 26.8. The van der Waals surface area contributed by atoms with Gasteiger partial charge in [-0.25, -0.2) is 18.6 Å². The maximum absolute atomic E-state index is 14.7. The number of aryl methyl sites for hydroxylation is 1. The van der Waals surface area contributed by atoms with E-state index in [9.17, 15) is 26.7 Å². The first-order valence-electron chi connectivity index (χ1n) is 11.3. The SMILES string of the molecule is Cn1nc2ccccc2c1C(=O)N1CCC(F)(F)[C@@H](Oc2ccc3ccccc3n2)C1.O=C(O)C(F)(F)F. The van der Waals surface area contributed by atoms with E-state index >= 15 is 0 Å². The van der Waals surface area contributed by atoms with Crippen LogP contribution in [-0.4, -0.2) is 67.9 Å². The van der Waals surface area contributed by atoms with Crippen molar-refractivity contribution in [2.45, 2.75) is 24.6 Å². The lowest BCUT2D eigenvalue weighted by molar-refractivity contribution is -0.192. The van der Waals surface area contributed by atoms with Crippen LogP contribution in [0.5, 0.6) is 5.88 Å². The van der Waals surface area contributed by atoms with Crippen molar-refractivity contribution in [1.82, 2.24) is 19.7 Å². The molecule has 1 aliphatic heterocycles. The minimum absolute atomic E-state index is 0.0592. The van der Waals surface area contributed by atoms with Crippen LogP contribution in [0.1, 0.15) is 16.9 Å². The minimum Gasteiger partial charge on any atom is -0.475 e. The molecule has 38 heavy (non-hydrogen) atoms. The number of benzene rings is 2. The Morgan fingerprint density at radius 2 is 1.66 bits per heavy atom. The smallest absolute Gasteiger partial charge is 0.475 e. The fraction of sp³-hybridized carbons (Fsp3) is 0.280. The number of likely N-dealkylation sites (tertiary alicyclic amines) is 1. The fourth-order valence-electron chi connectivity index (χ4n) is 3.99. The van der Waals surface area contributed by atoms with Gasteiger partial charge in [-0.1, -0.05) is 36.4 Å². The van der Waals surface area contributed by atoms with Crippen molar-refractivity contribution in [1.29, 1.82) is 0 Å². The van der Waals surface area contributed by atoms with Crippen molar-refractivity contribution in [3.63, 3.8) is 0 Å². The summed E-state index contributed by atoms with van der Waals surface area (Å²) in [7, 11) is 1.68. The predicted octanol–water partition coefficient (Wildman–Crippen LogP) is 4.68. The number of halogens is 5. The molecule has 1 atom stereocenters. The Morgan fingerprint density at radius 1 is 1.03 bits per heavy atom. The molecule has 13 heteroatoms. The van der Waals surface area contributed by atoms with Crippen molar-refractivity contribution in [3.05, 3.63) is 66.4 Å². The molecule has 0 spiro atoms. The molecule has 1 amide bonds. The fourth-order valence-corrected chi connectivity index (χ4v) is 3.99. The zero-order valence-corrected chi connectivity index (χ0v) is 19.8. The summed E-state index contributed by atoms with van der Waals surface area (Å²) in [6, 6.07) is 18.0. The van der Waals surface area contributed by atoms with Gasteiger partial charge in [0.1, 0.15) is 5.69 Å². The average molecular weight is 536 g/mol. The summed E-state index contributed by atoms with van der Waals surface area (Å²) in [5.74, 6) is -6.05. The van der Waals surface area contributed by atoms with E-state index in [0.717, 1.165) is 5.39 Å². The Kier molecular flexibility index (Phi) is 7.20. The van der Waals surface area contributed by atoms with Gasteiger partial charge in [0.05, 0.1) is 17.6 Å². The maximum atomic E-state index is 14.7. The molecule has 200 valence electrons. The summed E-state index contributed by atoms with van der Waals surface area (Å²) in [5, 5.41) is 13.1. The number of nitrogens with zero attached hydrogens (tertiary/aromatic N) is 4. The molecule has 2 aromatic heterocycles. The molecule has 1 fully saturated rings. The third-order valence-electron chi connectivity index (χ3n) is 5.88. The third kappa shape index (κ3) is 5.66. The van der Waals surface area contributed by atoms with Gasteiger partial charge < -0.3 is 14.7 Å². The maximum Gasteiger partial charge on any atom is 0.490 e. The van der Waals surface area contributed by atoms with Gasteiger partial charge in [-0.3, -0.25) is 9.48 Å². The van der Waals surface area contributed by atoms with Crippen LogP contribution < -0.4 is 4.74 Å². The number of rotatable bonds is 3. The summed E-state index contributed by atoms with van der Waals surface area (Å²) in [5.41, 5.74) is 1.72. The second-order valence-electron chi connectivity index (χ2n) is 8.50. The minimum atomic E-state index is -5.08. The van der Waals surface area contributed by atoms with Gasteiger partial charge in [0.2, 0.25) is 5.88 Å². The third-order valence-corrected chi connectivity index (χ3v) is 5.88. The second-order valence-corrected chi connectivity index (χ2v) is 8.50. The zero-order chi connectivity index (χ0) is 27.7. The molecule has 5 rings (SSSR count). The van der Waals surface area contributed by atoms with Gasteiger partial charge in [-0.05, 0) is 18.2 Å². The number of para-hydroxylation sites is 1. The predicted molar refractivity (Wildman–Crippen MR) is 126 cm³/mol. The molecule has 0 bridgehead atoms. The first-order valence-corrected chi connectivity index (χ1v) is 11.3. The van der Waals surface area contributed by atoms with Crippen LogP contribution in [0, 0.1) is 0 Å². The molecule has 3 heterocycles. The highest BCUT2D eigenvalue weighted by molar-refractivity contribution is 6.05. The number of amides is 1. The normalized spacial score (nSPS) is 17.1. The van der Waals surface area contributed by atoms with Crippen LogP contribution in [-0.2, 0) is 11.8 Å². The standard InChI is InChI=1S/C23H20F2N4O2.C2HF3O2/c1-28-21(16-7-3-5-9-18(16)27-28)22(30)29-13-12-23(24,25)19(14-29)31-20-11-10-15-6-2-4-8-17(15)26-20;3-2(4,5)1(6)7/h2-11,19H,12-14H2,1H3;(H,6,7)/t19-;/m0./s1. The van der Waals surface area contributed by atoms with E-state index < -0.39 is 30.6 Å². The van der Waals surface area contributed by atoms with Gasteiger partial charge in [-0.2, -0.15) is 18.3 Å². The van der Waals surface area contributed by atoms with Crippen LogP contribution in [0.3, 0.4) is 0 Å². The van der Waals surface area contributed by atoms with Crippen molar-refractivity contribution >= 4 is 33.7 Å². The Hall–Kier alpha value is -4.29. The summed E-state index contributed by atoms with van der Waals surface area (Å²) in [6.45, 7) is -0.295. The number of fused-ring (bicyclic) bond motifs is 2. The molecule has 4 aromatic rings. The van der Waals surface area contributed by atoms with Gasteiger partial charge in [0, 0.05) is 36.9 Å². The van der Waals surface area contributed by atoms with Crippen LogP contribution in [0.4, 0.5) is 22.0 Å². The molecule has 2 aromatic carbocycles. The van der Waals surface area contributed by atoms with Crippen molar-refractivity contribution in [2.75, 3.05) is 13.1 Å². The van der Waals surface area contributed by atoms with Crippen LogP contribution in [0.15, 0.2) is 60.7 Å². The highest BCUT2D eigenvalue weighted by Crippen LogP contribution is 2.33. The van der Waals surface area contributed by atoms with Crippen molar-refractivity contribution in [2.24, 2.45) is 7.05 Å². The van der Waals surface area contributed by atoms with Crippen LogP contribution in [0.2, 0.25) is 0 Å². The number of carboxylic acid groups (broad SMARTS) is 1. The van der Waals surface area contributed by atoms with Crippen LogP contribution >= 0.6 is 0 Å². The molecule has 0 aliphatic carbocycles. The summed E-state index contributed by atoms with van der Waals surface area (Å²) in [6.07, 6.45) is -7.05. The lowest BCUT2D eigenvalue weighted by Crippen LogP contribution is -2.55. The number of carbonyl (C=O) groups is 2. The molecule has 1 N–H and O–H groups in total. The molecule has 1 saturated heterocycles. The van der Waals surface area contributed by atoms with Gasteiger partial charge >= 0.3 is 12.1 Å². The molecule has 8 nitrogen and oxygen atoms in total. The van der Waals surface area contributed by atoms with E-state index in [1.165, 1.54) is 9.58 Å². The molecule has 0 radical (unpaired) electrons. The van der Waals surface area contributed by atoms with E-state index in [1.54, 1.807) is 31.3 Å². The second kappa shape index (κ2) is 10.2. The number of carbonyl (C=O) groups excluding carboxylic acids is 1. The number of alkyl halides is 5. The Balaban J connectivity index is 0.000000426. The Bertz CT molecular complexity index is 1490. The molecule has 0 saturated carbocycles. The van der Waals surface area contributed by atoms with E-state index in [0.29, 0.717) is 22.1 Å². The molecule has 1 aliphatic rings. The average Bonchev–Trinajstić information content (AvgIpc) is 3.20. The molecular formula is C25H21F5N4O4. The number of carboxylic acids is 1. The number of hydrogen-bond donors (Lipinski definition) is 1. The lowest BCUT2D eigenvalue weighted by Gasteiger charge is -2.37. The number of ether oxygens (including phenoxy) is 1. The van der Waals surface area contributed by atoms with Gasteiger partial charge in [0.15, 0.2) is 6.10 Å². The zero-order valence-electron chi connectivity index (χ0n) is 19.8. The van der Waals surface area contributed by atoms with Crippen molar-refractivity contribution < 1.29 is 41.4 Å². The number of piperidine rings is 1. The summed E-state index contributed by atoms with van der Waals surface area (Å²) in [4.78, 5) is 27.9. The van der Waals surface area contributed by atoms with E-state index in [1.807, 2.05) is 36.4 Å². The molecule has 0 unspecified atom stereocenters. The quantitative estimate of drug-likeness (QED) is 0.382. The number of hydrogen-bond acceptors (Lipinski definition) is 5. The van der Waals surface area contributed by atoms with Crippen LogP contribution in [0.25, 0.3) is 21.8 Å². The van der Waals surface area contributed by atoms with Gasteiger partial charge in [-0.15, -0.1) is 0 Å². The topological polar surface area (TPSA) is 97.5 Å². The van der Waals surface area contributed by atoms with E-state index in [2.05, 4.69) is 10.1 Å². The van der Waals surface area contributed by atoms with E-state index in [-0.39, 0.29) is 24.9 Å². The number of aliphatic carboxylic acids is 1. The lowest BCUT2D eigenvalue weighted by atomic mass is 10.0. The Labute approximate surface area is 212 Å². The van der Waals surface area contributed by atoms with Gasteiger partial charge in [0.25, 0.3) is 11.8 Å². The molecular weight excluding hydrogens is 515 g/mol. The highest BCUT2D eigenvalue weighted by atomic mass is 19.4. The number of aromatic nitrogens is 3. The Morgan fingerprint density at radius 3 is 2.34 bits per heavy atom. The van der Waals surface area contributed by atoms with Crippen molar-refractivity contribution in [3.8, 4) is 5.88 Å². The largest absolute Gasteiger partial charge is 0.490 e. The number of pyridine rings is 1. The first-order chi connectivity index (χ1) is 17.9. The summed E-state index contributed by atoms with van der Waals surface area (Å²) < 4.78 is 68.2. The monoisotopic (exact) mass is 536 g/mol. The summed E-state index contributed by atoms with van der Waals surface area (Å²) >= 11 is 0.